The second kappa shape index (κ2) is 6.54. The van der Waals surface area contributed by atoms with E-state index >= 15 is 0 Å². The number of rotatable bonds is 2. The summed E-state index contributed by atoms with van der Waals surface area (Å²) in [4.78, 5) is 5.17. The van der Waals surface area contributed by atoms with Crippen LogP contribution in [-0.2, 0) is 12.2 Å². The fraction of sp³-hybridized carbons (Fsp3) is 0.217. The number of fused-ring (bicyclic) bond motifs is 3. The minimum atomic E-state index is 0.972. The van der Waals surface area contributed by atoms with E-state index < -0.39 is 0 Å². The van der Waals surface area contributed by atoms with Crippen LogP contribution in [0, 0.1) is 13.8 Å². The van der Waals surface area contributed by atoms with Gasteiger partial charge in [0, 0.05) is 16.7 Å². The molecule has 0 N–H and O–H groups in total. The second-order valence-electron chi connectivity index (χ2n) is 7.12. The Morgan fingerprint density at radius 3 is 2.48 bits per heavy atom. The summed E-state index contributed by atoms with van der Waals surface area (Å²) in [5.41, 5.74) is 9.50. The summed E-state index contributed by atoms with van der Waals surface area (Å²) in [5, 5.41) is 6.11. The van der Waals surface area contributed by atoms with E-state index in [0.717, 1.165) is 40.6 Å². The summed E-state index contributed by atoms with van der Waals surface area (Å²) < 4.78 is 2.00. The van der Waals surface area contributed by atoms with Gasteiger partial charge in [-0.05, 0) is 49.3 Å². The summed E-state index contributed by atoms with van der Waals surface area (Å²) in [6.45, 7) is 4.23. The molecule has 0 atom stereocenters. The Labute approximate surface area is 163 Å². The van der Waals surface area contributed by atoms with Crippen molar-refractivity contribution in [2.75, 3.05) is 5.75 Å². The number of nitrogens with zero attached hydrogens (tertiary/aromatic N) is 3. The van der Waals surface area contributed by atoms with Gasteiger partial charge in [0.25, 0.3) is 0 Å². The maximum absolute atomic E-state index is 5.17. The molecule has 0 unspecified atom stereocenters. The van der Waals surface area contributed by atoms with Crippen LogP contribution in [0.5, 0.6) is 0 Å². The first-order chi connectivity index (χ1) is 13.2. The lowest BCUT2D eigenvalue weighted by Gasteiger charge is -2.20. The molecule has 3 nitrogen and oxygen atoms in total. The van der Waals surface area contributed by atoms with Crippen molar-refractivity contribution >= 4 is 22.8 Å². The van der Waals surface area contributed by atoms with Gasteiger partial charge < -0.3 is 0 Å². The highest BCUT2D eigenvalue weighted by atomic mass is 32.2. The molecule has 0 saturated heterocycles. The quantitative estimate of drug-likeness (QED) is 0.466. The Hall–Kier alpha value is -2.59. The summed E-state index contributed by atoms with van der Waals surface area (Å²) in [6, 6.07) is 19.0. The average molecular weight is 372 g/mol. The molecular formula is C23H21N3S. The number of hydrogen-bond donors (Lipinski definition) is 0. The van der Waals surface area contributed by atoms with E-state index in [9.17, 15) is 0 Å². The predicted octanol–water partition coefficient (Wildman–Crippen LogP) is 5.49. The number of hydrogen-bond acceptors (Lipinski definition) is 3. The molecule has 2 aromatic heterocycles. The standard InChI is InChI=1S/C23H21N3S/c1-15-8-10-17(11-9-15)22-20-14-27-13-12-19(20)21-16(2)25-26(23(21)24-22)18-6-4-3-5-7-18/h3-11H,12-14H2,1-2H3. The number of aromatic nitrogens is 3. The molecule has 27 heavy (non-hydrogen) atoms. The van der Waals surface area contributed by atoms with Crippen molar-refractivity contribution in [2.24, 2.45) is 0 Å². The Morgan fingerprint density at radius 1 is 0.926 bits per heavy atom. The Balaban J connectivity index is 1.84. The fourth-order valence-electron chi connectivity index (χ4n) is 3.92. The normalized spacial score (nSPS) is 13.7. The maximum Gasteiger partial charge on any atom is 0.164 e. The average Bonchev–Trinajstić information content (AvgIpc) is 3.05. The summed E-state index contributed by atoms with van der Waals surface area (Å²) in [7, 11) is 0. The molecule has 2 aromatic carbocycles. The summed E-state index contributed by atoms with van der Waals surface area (Å²) in [5.74, 6) is 2.19. The molecule has 0 aliphatic carbocycles. The smallest absolute Gasteiger partial charge is 0.164 e. The van der Waals surface area contributed by atoms with Gasteiger partial charge in [-0.25, -0.2) is 9.67 Å². The summed E-state index contributed by atoms with van der Waals surface area (Å²) >= 11 is 2.00. The molecule has 0 saturated carbocycles. The first kappa shape index (κ1) is 16.6. The molecule has 3 heterocycles. The van der Waals surface area contributed by atoms with Crippen LogP contribution in [0.1, 0.15) is 22.4 Å². The first-order valence-electron chi connectivity index (χ1n) is 9.33. The van der Waals surface area contributed by atoms with Crippen molar-refractivity contribution < 1.29 is 0 Å². The van der Waals surface area contributed by atoms with Crippen molar-refractivity contribution in [3.8, 4) is 16.9 Å². The molecule has 5 rings (SSSR count). The highest BCUT2D eigenvalue weighted by Crippen LogP contribution is 2.38. The topological polar surface area (TPSA) is 30.7 Å². The minimum Gasteiger partial charge on any atom is -0.228 e. The number of aryl methyl sites for hydroxylation is 3. The zero-order valence-corrected chi connectivity index (χ0v) is 16.4. The highest BCUT2D eigenvalue weighted by Gasteiger charge is 2.24. The van der Waals surface area contributed by atoms with Crippen LogP contribution in [0.25, 0.3) is 28.0 Å². The van der Waals surface area contributed by atoms with E-state index in [1.807, 2.05) is 34.6 Å². The Bertz CT molecular complexity index is 1130. The molecule has 0 radical (unpaired) electrons. The minimum absolute atomic E-state index is 0.972. The molecule has 1 aliphatic heterocycles. The van der Waals surface area contributed by atoms with E-state index in [2.05, 4.69) is 50.2 Å². The molecule has 4 aromatic rings. The third-order valence-corrected chi connectivity index (χ3v) is 6.26. The number of para-hydroxylation sites is 1. The third-order valence-electron chi connectivity index (χ3n) is 5.27. The van der Waals surface area contributed by atoms with Crippen molar-refractivity contribution in [3.05, 3.63) is 77.0 Å². The predicted molar refractivity (Wildman–Crippen MR) is 114 cm³/mol. The second-order valence-corrected chi connectivity index (χ2v) is 8.22. The van der Waals surface area contributed by atoms with E-state index in [1.54, 1.807) is 0 Å². The molecule has 0 fully saturated rings. The van der Waals surface area contributed by atoms with Crippen molar-refractivity contribution in [3.63, 3.8) is 0 Å². The zero-order valence-electron chi connectivity index (χ0n) is 15.6. The monoisotopic (exact) mass is 371 g/mol. The number of thioether (sulfide) groups is 1. The van der Waals surface area contributed by atoms with Crippen LogP contribution < -0.4 is 0 Å². The van der Waals surface area contributed by atoms with Gasteiger partial charge in [-0.1, -0.05) is 48.0 Å². The van der Waals surface area contributed by atoms with Crippen molar-refractivity contribution in [1.29, 1.82) is 0 Å². The zero-order chi connectivity index (χ0) is 18.4. The van der Waals surface area contributed by atoms with Crippen LogP contribution in [0.3, 0.4) is 0 Å². The molecule has 0 bridgehead atoms. The van der Waals surface area contributed by atoms with Gasteiger partial charge in [0.15, 0.2) is 5.65 Å². The van der Waals surface area contributed by atoms with Gasteiger partial charge in [-0.15, -0.1) is 0 Å². The SMILES string of the molecule is Cc1ccc(-c2nc3c(c(C)nn3-c3ccccc3)c3c2CSCC3)cc1. The van der Waals surface area contributed by atoms with E-state index in [1.165, 1.54) is 27.6 Å². The van der Waals surface area contributed by atoms with Crippen molar-refractivity contribution in [2.45, 2.75) is 26.0 Å². The van der Waals surface area contributed by atoms with Gasteiger partial charge in [0.2, 0.25) is 0 Å². The largest absolute Gasteiger partial charge is 0.228 e. The molecule has 0 amide bonds. The van der Waals surface area contributed by atoms with Crippen LogP contribution in [-0.4, -0.2) is 20.5 Å². The molecule has 1 aliphatic rings. The lowest BCUT2D eigenvalue weighted by molar-refractivity contribution is 0.878. The fourth-order valence-corrected chi connectivity index (χ4v) is 4.93. The van der Waals surface area contributed by atoms with Gasteiger partial charge in [-0.3, -0.25) is 0 Å². The van der Waals surface area contributed by atoms with Gasteiger partial charge in [0.05, 0.1) is 17.1 Å². The van der Waals surface area contributed by atoms with Crippen LogP contribution in [0.15, 0.2) is 54.6 Å². The molecular weight excluding hydrogens is 350 g/mol. The van der Waals surface area contributed by atoms with Crippen LogP contribution >= 0.6 is 11.8 Å². The Kier molecular flexibility index (Phi) is 4.01. The van der Waals surface area contributed by atoms with Crippen LogP contribution in [0.4, 0.5) is 0 Å². The lowest BCUT2D eigenvalue weighted by Crippen LogP contribution is -2.08. The lowest BCUT2D eigenvalue weighted by atomic mass is 9.96. The van der Waals surface area contributed by atoms with Crippen LogP contribution in [0.2, 0.25) is 0 Å². The summed E-state index contributed by atoms with van der Waals surface area (Å²) in [6.07, 6.45) is 1.08. The van der Waals surface area contributed by atoms with E-state index in [-0.39, 0.29) is 0 Å². The number of benzene rings is 2. The highest BCUT2D eigenvalue weighted by molar-refractivity contribution is 7.98. The van der Waals surface area contributed by atoms with E-state index in [4.69, 9.17) is 10.1 Å². The van der Waals surface area contributed by atoms with Gasteiger partial charge >= 0.3 is 0 Å². The molecule has 0 spiro atoms. The first-order valence-corrected chi connectivity index (χ1v) is 10.5. The van der Waals surface area contributed by atoms with Gasteiger partial charge in [0.1, 0.15) is 0 Å². The maximum atomic E-state index is 5.17. The molecule has 134 valence electrons. The number of pyridine rings is 1. The van der Waals surface area contributed by atoms with E-state index in [0.29, 0.717) is 0 Å². The Morgan fingerprint density at radius 2 is 1.70 bits per heavy atom. The van der Waals surface area contributed by atoms with Crippen molar-refractivity contribution in [1.82, 2.24) is 14.8 Å². The van der Waals surface area contributed by atoms with Gasteiger partial charge in [-0.2, -0.15) is 16.9 Å². The molecule has 4 heteroatoms. The third kappa shape index (κ3) is 2.76.